The van der Waals surface area contributed by atoms with Gasteiger partial charge in [-0.2, -0.15) is 0 Å². The number of hydrogen-bond donors (Lipinski definition) is 1. The predicted molar refractivity (Wildman–Crippen MR) is 105 cm³/mol. The van der Waals surface area contributed by atoms with Crippen LogP contribution in [0.15, 0.2) is 42.1 Å². The van der Waals surface area contributed by atoms with Crippen LogP contribution in [0.2, 0.25) is 0 Å². The van der Waals surface area contributed by atoms with E-state index in [2.05, 4.69) is 22.1 Å². The second kappa shape index (κ2) is 9.50. The van der Waals surface area contributed by atoms with E-state index in [0.29, 0.717) is 23.1 Å². The minimum atomic E-state index is -0.394. The van der Waals surface area contributed by atoms with Crippen LogP contribution in [0.4, 0.5) is 4.39 Å². The number of allylic oxidation sites excluding steroid dienone is 1. The monoisotopic (exact) mass is 403 g/mol. The minimum absolute atomic E-state index is 0.000776. The summed E-state index contributed by atoms with van der Waals surface area (Å²) in [5.74, 6) is -0.259. The highest BCUT2D eigenvalue weighted by atomic mass is 32.2. The van der Waals surface area contributed by atoms with Gasteiger partial charge in [0.1, 0.15) is 5.82 Å². The van der Waals surface area contributed by atoms with Crippen molar-refractivity contribution in [2.45, 2.75) is 24.5 Å². The molecule has 1 aliphatic rings. The Hall–Kier alpha value is -2.68. The molecule has 1 saturated heterocycles. The first-order chi connectivity index (χ1) is 13.6. The van der Waals surface area contributed by atoms with Gasteiger partial charge in [-0.05, 0) is 25.0 Å². The van der Waals surface area contributed by atoms with Crippen LogP contribution in [0.1, 0.15) is 12.8 Å². The molecule has 1 N–H and O–H groups in total. The Morgan fingerprint density at radius 1 is 1.25 bits per heavy atom. The molecule has 1 aromatic heterocycles. The maximum Gasteiger partial charge on any atom is 0.241 e. The molecule has 1 fully saturated rings. The van der Waals surface area contributed by atoms with Crippen molar-refractivity contribution in [3.63, 3.8) is 0 Å². The average Bonchev–Trinajstić information content (AvgIpc) is 3.36. The van der Waals surface area contributed by atoms with Crippen molar-refractivity contribution >= 4 is 23.6 Å². The summed E-state index contributed by atoms with van der Waals surface area (Å²) >= 11 is 1.18. The number of halogens is 1. The lowest BCUT2D eigenvalue weighted by Crippen LogP contribution is -2.39. The maximum atomic E-state index is 14.1. The summed E-state index contributed by atoms with van der Waals surface area (Å²) in [7, 11) is 0. The molecule has 0 atom stereocenters. The van der Waals surface area contributed by atoms with E-state index in [1.54, 1.807) is 33.7 Å². The summed E-state index contributed by atoms with van der Waals surface area (Å²) in [5, 5.41) is 11.3. The second-order valence-electron chi connectivity index (χ2n) is 6.34. The molecule has 2 amide bonds. The van der Waals surface area contributed by atoms with Crippen LogP contribution >= 0.6 is 11.8 Å². The second-order valence-corrected chi connectivity index (χ2v) is 7.28. The Kier molecular flexibility index (Phi) is 6.80. The third-order valence-corrected chi connectivity index (χ3v) is 5.34. The Bertz CT molecular complexity index is 864. The predicted octanol–water partition coefficient (Wildman–Crippen LogP) is 2.10. The number of hydrogen-bond acceptors (Lipinski definition) is 5. The molecule has 2 aromatic rings. The Labute approximate surface area is 167 Å². The summed E-state index contributed by atoms with van der Waals surface area (Å²) in [6.45, 7) is 5.61. The van der Waals surface area contributed by atoms with Crippen LogP contribution in [-0.4, -0.2) is 56.9 Å². The fourth-order valence-corrected chi connectivity index (χ4v) is 3.74. The zero-order valence-electron chi connectivity index (χ0n) is 15.4. The molecule has 1 aliphatic heterocycles. The standard InChI is InChI=1S/C19H22FN5O2S/c1-2-9-25-18(14-7-3-4-8-15(14)20)22-23-19(25)28-13-16(26)21-12-17(27)24-10-5-6-11-24/h2-4,7-8H,1,5-6,9-13H2,(H,21,26). The van der Waals surface area contributed by atoms with Crippen LogP contribution in [0.5, 0.6) is 0 Å². The number of nitrogens with zero attached hydrogens (tertiary/aromatic N) is 4. The summed E-state index contributed by atoms with van der Waals surface area (Å²) in [6, 6.07) is 6.32. The summed E-state index contributed by atoms with van der Waals surface area (Å²) in [4.78, 5) is 25.8. The highest BCUT2D eigenvalue weighted by molar-refractivity contribution is 7.99. The van der Waals surface area contributed by atoms with Crippen molar-refractivity contribution in [1.82, 2.24) is 25.0 Å². The molecule has 0 aliphatic carbocycles. The zero-order chi connectivity index (χ0) is 19.9. The lowest BCUT2D eigenvalue weighted by Gasteiger charge is -2.15. The summed E-state index contributed by atoms with van der Waals surface area (Å²) in [5.41, 5.74) is 0.337. The highest BCUT2D eigenvalue weighted by Crippen LogP contribution is 2.25. The zero-order valence-corrected chi connectivity index (χ0v) is 16.3. The average molecular weight is 403 g/mol. The molecule has 1 aromatic carbocycles. The normalized spacial score (nSPS) is 13.5. The van der Waals surface area contributed by atoms with Crippen LogP contribution < -0.4 is 5.32 Å². The molecule has 0 unspecified atom stereocenters. The Morgan fingerprint density at radius 3 is 2.71 bits per heavy atom. The van der Waals surface area contributed by atoms with E-state index < -0.39 is 5.82 Å². The fraction of sp³-hybridized carbons (Fsp3) is 0.368. The molecule has 9 heteroatoms. The number of nitrogens with one attached hydrogen (secondary N) is 1. The van der Waals surface area contributed by atoms with Crippen molar-refractivity contribution in [1.29, 1.82) is 0 Å². The molecule has 0 radical (unpaired) electrons. The van der Waals surface area contributed by atoms with Gasteiger partial charge in [0.2, 0.25) is 11.8 Å². The van der Waals surface area contributed by atoms with E-state index in [0.717, 1.165) is 25.9 Å². The van der Waals surface area contributed by atoms with Gasteiger partial charge in [-0.3, -0.25) is 14.2 Å². The van der Waals surface area contributed by atoms with Crippen molar-refractivity contribution in [2.75, 3.05) is 25.4 Å². The largest absolute Gasteiger partial charge is 0.346 e. The first kappa shape index (κ1) is 20.1. The maximum absolute atomic E-state index is 14.1. The topological polar surface area (TPSA) is 80.1 Å². The Balaban J connectivity index is 1.61. The van der Waals surface area contributed by atoms with E-state index in [1.807, 2.05) is 0 Å². The summed E-state index contributed by atoms with van der Waals surface area (Å²) < 4.78 is 15.8. The quantitative estimate of drug-likeness (QED) is 0.539. The van der Waals surface area contributed by atoms with Crippen LogP contribution in [-0.2, 0) is 16.1 Å². The van der Waals surface area contributed by atoms with Gasteiger partial charge in [-0.25, -0.2) is 4.39 Å². The number of benzene rings is 1. The highest BCUT2D eigenvalue weighted by Gasteiger charge is 2.19. The van der Waals surface area contributed by atoms with E-state index in [-0.39, 0.29) is 24.1 Å². The van der Waals surface area contributed by atoms with Crippen LogP contribution in [0.3, 0.4) is 0 Å². The van der Waals surface area contributed by atoms with Crippen LogP contribution in [0.25, 0.3) is 11.4 Å². The van der Waals surface area contributed by atoms with E-state index in [9.17, 15) is 14.0 Å². The lowest BCUT2D eigenvalue weighted by molar-refractivity contribution is -0.131. The van der Waals surface area contributed by atoms with Gasteiger partial charge in [0, 0.05) is 19.6 Å². The molecule has 2 heterocycles. The molecular weight excluding hydrogens is 381 g/mol. The van der Waals surface area contributed by atoms with E-state index >= 15 is 0 Å². The number of amides is 2. The van der Waals surface area contributed by atoms with Gasteiger partial charge in [-0.1, -0.05) is 30.0 Å². The van der Waals surface area contributed by atoms with Crippen molar-refractivity contribution in [2.24, 2.45) is 0 Å². The molecule has 28 heavy (non-hydrogen) atoms. The molecule has 0 bridgehead atoms. The number of rotatable bonds is 8. The van der Waals surface area contributed by atoms with Gasteiger partial charge in [0.25, 0.3) is 0 Å². The van der Waals surface area contributed by atoms with Gasteiger partial charge < -0.3 is 10.2 Å². The third-order valence-electron chi connectivity index (χ3n) is 4.37. The van der Waals surface area contributed by atoms with Crippen LogP contribution in [0, 0.1) is 5.82 Å². The van der Waals surface area contributed by atoms with Gasteiger partial charge in [-0.15, -0.1) is 16.8 Å². The van der Waals surface area contributed by atoms with Gasteiger partial charge in [0.15, 0.2) is 11.0 Å². The van der Waals surface area contributed by atoms with Gasteiger partial charge >= 0.3 is 0 Å². The van der Waals surface area contributed by atoms with Gasteiger partial charge in [0.05, 0.1) is 17.9 Å². The van der Waals surface area contributed by atoms with E-state index in [4.69, 9.17) is 0 Å². The number of aromatic nitrogens is 3. The number of thioether (sulfide) groups is 1. The molecular formula is C19H22FN5O2S. The summed E-state index contributed by atoms with van der Waals surface area (Å²) in [6.07, 6.45) is 3.68. The molecule has 148 valence electrons. The first-order valence-electron chi connectivity index (χ1n) is 9.06. The number of carbonyl (C=O) groups excluding carboxylic acids is 2. The third kappa shape index (κ3) is 4.78. The smallest absolute Gasteiger partial charge is 0.241 e. The first-order valence-corrected chi connectivity index (χ1v) is 10.0. The number of carbonyl (C=O) groups is 2. The fourth-order valence-electron chi connectivity index (χ4n) is 2.96. The van der Waals surface area contributed by atoms with Crippen molar-refractivity contribution in [3.8, 4) is 11.4 Å². The lowest BCUT2D eigenvalue weighted by atomic mass is 10.2. The molecule has 0 spiro atoms. The minimum Gasteiger partial charge on any atom is -0.346 e. The molecule has 7 nitrogen and oxygen atoms in total. The van der Waals surface area contributed by atoms with Crippen molar-refractivity contribution in [3.05, 3.63) is 42.7 Å². The molecule has 0 saturated carbocycles. The number of likely N-dealkylation sites (tertiary alicyclic amines) is 1. The Morgan fingerprint density at radius 2 is 2.00 bits per heavy atom. The SMILES string of the molecule is C=CCn1c(SCC(=O)NCC(=O)N2CCCC2)nnc1-c1ccccc1F. The molecule has 3 rings (SSSR count). The van der Waals surface area contributed by atoms with Crippen molar-refractivity contribution < 1.29 is 14.0 Å². The van der Waals surface area contributed by atoms with E-state index in [1.165, 1.54) is 17.8 Å².